The molecule has 1 aliphatic rings. The lowest BCUT2D eigenvalue weighted by Gasteiger charge is -2.42. The second kappa shape index (κ2) is 8.06. The monoisotopic (exact) mass is 359 g/mol. The molecule has 0 aromatic heterocycles. The number of nitrogens with zero attached hydrogens (tertiary/aromatic N) is 1. The Balaban J connectivity index is 1.71. The van der Waals surface area contributed by atoms with Crippen LogP contribution in [0.15, 0.2) is 42.5 Å². The summed E-state index contributed by atoms with van der Waals surface area (Å²) in [6.45, 7) is 2.60. The van der Waals surface area contributed by atoms with Gasteiger partial charge in [-0.3, -0.25) is 4.90 Å². The number of benzene rings is 2. The lowest BCUT2D eigenvalue weighted by atomic mass is 9.75. The Bertz CT molecular complexity index is 735. The molecule has 5 heteroatoms. The van der Waals surface area contributed by atoms with Gasteiger partial charge in [-0.15, -0.1) is 0 Å². The van der Waals surface area contributed by atoms with Crippen LogP contribution >= 0.6 is 0 Å². The molecule has 0 saturated carbocycles. The third-order valence-electron chi connectivity index (χ3n) is 5.22. The molecule has 1 fully saturated rings. The second-order valence-electron chi connectivity index (χ2n) is 7.28. The zero-order chi connectivity index (χ0) is 18.6. The summed E-state index contributed by atoms with van der Waals surface area (Å²) in [6, 6.07) is 12.0. The molecule has 0 unspecified atom stereocenters. The molecule has 3 rings (SSSR count). The zero-order valence-electron chi connectivity index (χ0n) is 15.1. The summed E-state index contributed by atoms with van der Waals surface area (Å²) in [6.07, 6.45) is 2.70. The Labute approximate surface area is 153 Å². The molecule has 0 bridgehead atoms. The highest BCUT2D eigenvalue weighted by Gasteiger charge is 2.35. The largest absolute Gasteiger partial charge is 0.504 e. The summed E-state index contributed by atoms with van der Waals surface area (Å²) >= 11 is 0. The lowest BCUT2D eigenvalue weighted by Crippen LogP contribution is -2.46. The summed E-state index contributed by atoms with van der Waals surface area (Å²) in [4.78, 5) is 2.33. The topological polar surface area (TPSA) is 52.9 Å². The molecule has 2 N–H and O–H groups in total. The highest BCUT2D eigenvalue weighted by molar-refractivity contribution is 5.41. The summed E-state index contributed by atoms with van der Waals surface area (Å²) in [7, 11) is 1.54. The standard InChI is InChI=1S/C21H26FNO3/c1-26-20-11-17(5-8-19(20)25)13-23-10-2-9-21(14-23,15-24)12-16-3-6-18(22)7-4-16/h3-8,11,24-25H,2,9-10,12-15H2,1H3/t21-/m0/s1. The van der Waals surface area contributed by atoms with E-state index in [0.717, 1.165) is 50.0 Å². The maximum absolute atomic E-state index is 13.2. The van der Waals surface area contributed by atoms with Crippen LogP contribution in [0.3, 0.4) is 0 Å². The smallest absolute Gasteiger partial charge is 0.160 e. The minimum Gasteiger partial charge on any atom is -0.504 e. The van der Waals surface area contributed by atoms with Gasteiger partial charge in [0.25, 0.3) is 0 Å². The number of likely N-dealkylation sites (tertiary alicyclic amines) is 1. The molecule has 2 aromatic carbocycles. The van der Waals surface area contributed by atoms with Gasteiger partial charge in [-0.25, -0.2) is 4.39 Å². The molecule has 1 aliphatic heterocycles. The molecule has 1 atom stereocenters. The van der Waals surface area contributed by atoms with E-state index in [4.69, 9.17) is 4.74 Å². The van der Waals surface area contributed by atoms with Gasteiger partial charge in [0.05, 0.1) is 13.7 Å². The lowest BCUT2D eigenvalue weighted by molar-refractivity contribution is 0.0288. The summed E-state index contributed by atoms with van der Waals surface area (Å²) in [5.41, 5.74) is 1.90. The maximum Gasteiger partial charge on any atom is 0.160 e. The van der Waals surface area contributed by atoms with Gasteiger partial charge in [-0.05, 0) is 61.2 Å². The number of aliphatic hydroxyl groups excluding tert-OH is 1. The first kappa shape index (κ1) is 18.7. The first-order chi connectivity index (χ1) is 12.5. The van der Waals surface area contributed by atoms with Crippen molar-refractivity contribution in [2.45, 2.75) is 25.8 Å². The average molecular weight is 359 g/mol. The van der Waals surface area contributed by atoms with E-state index in [9.17, 15) is 14.6 Å². The SMILES string of the molecule is COc1cc(CN2CCC[C@](CO)(Cc3ccc(F)cc3)C2)ccc1O. The fraction of sp³-hybridized carbons (Fsp3) is 0.429. The fourth-order valence-corrected chi connectivity index (χ4v) is 3.89. The number of phenolic OH excluding ortho intramolecular Hbond substituents is 1. The average Bonchev–Trinajstić information content (AvgIpc) is 2.65. The van der Waals surface area contributed by atoms with Crippen molar-refractivity contribution >= 4 is 0 Å². The van der Waals surface area contributed by atoms with Crippen LogP contribution in [0.25, 0.3) is 0 Å². The Morgan fingerprint density at radius 2 is 1.88 bits per heavy atom. The molecule has 1 heterocycles. The molecule has 2 aromatic rings. The Morgan fingerprint density at radius 3 is 2.58 bits per heavy atom. The maximum atomic E-state index is 13.2. The number of piperidine rings is 1. The third kappa shape index (κ3) is 4.34. The molecule has 140 valence electrons. The number of aromatic hydroxyl groups is 1. The second-order valence-corrected chi connectivity index (χ2v) is 7.28. The van der Waals surface area contributed by atoms with E-state index in [-0.39, 0.29) is 23.6 Å². The van der Waals surface area contributed by atoms with Gasteiger partial charge in [-0.1, -0.05) is 18.2 Å². The van der Waals surface area contributed by atoms with Gasteiger partial charge in [0.2, 0.25) is 0 Å². The Morgan fingerprint density at radius 1 is 1.15 bits per heavy atom. The number of ether oxygens (including phenoxy) is 1. The Kier molecular flexibility index (Phi) is 5.79. The molecule has 1 saturated heterocycles. The van der Waals surface area contributed by atoms with Gasteiger partial charge in [0.1, 0.15) is 5.82 Å². The predicted molar refractivity (Wildman–Crippen MR) is 98.8 cm³/mol. The van der Waals surface area contributed by atoms with Crippen molar-refractivity contribution in [2.24, 2.45) is 5.41 Å². The van der Waals surface area contributed by atoms with Crippen LogP contribution in [0.4, 0.5) is 4.39 Å². The fourth-order valence-electron chi connectivity index (χ4n) is 3.89. The Hall–Kier alpha value is -2.11. The molecular weight excluding hydrogens is 333 g/mol. The number of aliphatic hydroxyl groups is 1. The highest BCUT2D eigenvalue weighted by Crippen LogP contribution is 2.35. The summed E-state index contributed by atoms with van der Waals surface area (Å²) in [5.74, 6) is 0.369. The molecule has 0 radical (unpaired) electrons. The normalized spacial score (nSPS) is 20.9. The van der Waals surface area contributed by atoms with Crippen LogP contribution < -0.4 is 4.74 Å². The molecule has 0 aliphatic carbocycles. The number of hydrogen-bond donors (Lipinski definition) is 2. The molecule has 0 amide bonds. The van der Waals surface area contributed by atoms with Crippen molar-refractivity contribution in [1.82, 2.24) is 4.90 Å². The van der Waals surface area contributed by atoms with E-state index in [1.54, 1.807) is 25.3 Å². The first-order valence-corrected chi connectivity index (χ1v) is 8.97. The zero-order valence-corrected chi connectivity index (χ0v) is 15.1. The third-order valence-corrected chi connectivity index (χ3v) is 5.22. The van der Waals surface area contributed by atoms with E-state index in [0.29, 0.717) is 5.75 Å². The predicted octanol–water partition coefficient (Wildman–Crippen LogP) is 3.36. The molecule has 26 heavy (non-hydrogen) atoms. The van der Waals surface area contributed by atoms with Crippen molar-refractivity contribution in [3.63, 3.8) is 0 Å². The molecule has 4 nitrogen and oxygen atoms in total. The van der Waals surface area contributed by atoms with Crippen LogP contribution in [0.1, 0.15) is 24.0 Å². The van der Waals surface area contributed by atoms with Crippen LogP contribution in [-0.4, -0.2) is 41.9 Å². The quantitative estimate of drug-likeness (QED) is 0.830. The summed E-state index contributed by atoms with van der Waals surface area (Å²) in [5, 5.41) is 19.9. The number of phenols is 1. The van der Waals surface area contributed by atoms with E-state index in [1.165, 1.54) is 12.1 Å². The highest BCUT2D eigenvalue weighted by atomic mass is 19.1. The van der Waals surface area contributed by atoms with E-state index >= 15 is 0 Å². The van der Waals surface area contributed by atoms with Crippen LogP contribution in [0.5, 0.6) is 11.5 Å². The summed E-state index contributed by atoms with van der Waals surface area (Å²) < 4.78 is 18.3. The van der Waals surface area contributed by atoms with Gasteiger partial charge in [-0.2, -0.15) is 0 Å². The van der Waals surface area contributed by atoms with Crippen molar-refractivity contribution in [3.05, 3.63) is 59.4 Å². The minimum atomic E-state index is -0.238. The van der Waals surface area contributed by atoms with E-state index in [2.05, 4.69) is 4.90 Å². The minimum absolute atomic E-state index is 0.111. The van der Waals surface area contributed by atoms with Gasteiger partial charge >= 0.3 is 0 Å². The van der Waals surface area contributed by atoms with Gasteiger partial charge in [0, 0.05) is 18.5 Å². The van der Waals surface area contributed by atoms with Gasteiger partial charge < -0.3 is 14.9 Å². The van der Waals surface area contributed by atoms with Crippen LogP contribution in [-0.2, 0) is 13.0 Å². The van der Waals surface area contributed by atoms with Crippen molar-refractivity contribution < 1.29 is 19.3 Å². The van der Waals surface area contributed by atoms with Crippen LogP contribution in [0.2, 0.25) is 0 Å². The van der Waals surface area contributed by atoms with E-state index < -0.39 is 0 Å². The van der Waals surface area contributed by atoms with Crippen LogP contribution in [0, 0.1) is 11.2 Å². The molecule has 0 spiro atoms. The first-order valence-electron chi connectivity index (χ1n) is 8.97. The van der Waals surface area contributed by atoms with Crippen molar-refractivity contribution in [1.29, 1.82) is 0 Å². The molecular formula is C21H26FNO3. The van der Waals surface area contributed by atoms with E-state index in [1.807, 2.05) is 12.1 Å². The number of halogens is 1. The van der Waals surface area contributed by atoms with Crippen molar-refractivity contribution in [2.75, 3.05) is 26.8 Å². The number of rotatable bonds is 6. The number of hydrogen-bond acceptors (Lipinski definition) is 4. The number of methoxy groups -OCH3 is 1. The van der Waals surface area contributed by atoms with Crippen molar-refractivity contribution in [3.8, 4) is 11.5 Å². The van der Waals surface area contributed by atoms with Gasteiger partial charge in [0.15, 0.2) is 11.5 Å².